The van der Waals surface area contributed by atoms with Crippen LogP contribution in [0.3, 0.4) is 0 Å². The summed E-state index contributed by atoms with van der Waals surface area (Å²) in [6, 6.07) is 0. The molecule has 0 bridgehead atoms. The van der Waals surface area contributed by atoms with Crippen LogP contribution >= 0.6 is 0 Å². The van der Waals surface area contributed by atoms with Gasteiger partial charge in [0, 0.05) is 6.92 Å². The Hall–Kier alpha value is -0.870. The Morgan fingerprint density at radius 3 is 1.57 bits per heavy atom. The Bertz CT molecular complexity index is 615. The van der Waals surface area contributed by atoms with Crippen molar-refractivity contribution in [1.82, 2.24) is 0 Å². The number of allylic oxidation sites excluding steroid dienone is 1. The average Bonchev–Trinajstić information content (AvgIpc) is 3.31. The highest BCUT2D eigenvalue weighted by Gasteiger charge is 2.58. The van der Waals surface area contributed by atoms with E-state index in [0.29, 0.717) is 5.57 Å². The lowest BCUT2D eigenvalue weighted by atomic mass is 10.0. The molecule has 0 unspecified atom stereocenters. The van der Waals surface area contributed by atoms with Crippen molar-refractivity contribution in [2.75, 3.05) is 0 Å². The first-order valence-electron chi connectivity index (χ1n) is 16.4. The lowest BCUT2D eigenvalue weighted by molar-refractivity contribution is -0.206. The van der Waals surface area contributed by atoms with Crippen LogP contribution in [0.2, 0.25) is 0 Å². The van der Waals surface area contributed by atoms with Crippen molar-refractivity contribution < 1.29 is 19.0 Å². The van der Waals surface area contributed by atoms with Gasteiger partial charge in [0.05, 0.1) is 5.57 Å². The molecule has 0 aromatic rings. The van der Waals surface area contributed by atoms with Gasteiger partial charge in [0.2, 0.25) is 5.79 Å². The van der Waals surface area contributed by atoms with Crippen LogP contribution in [0.1, 0.15) is 175 Å². The van der Waals surface area contributed by atoms with E-state index >= 15 is 0 Å². The molecule has 0 aliphatic carbocycles. The van der Waals surface area contributed by atoms with Crippen LogP contribution in [0.4, 0.5) is 0 Å². The van der Waals surface area contributed by atoms with E-state index in [2.05, 4.69) is 19.9 Å². The van der Waals surface area contributed by atoms with Crippen LogP contribution in [-0.4, -0.2) is 24.2 Å². The second-order valence-electron chi connectivity index (χ2n) is 11.8. The molecule has 37 heavy (non-hydrogen) atoms. The topological polar surface area (TPSA) is 44.8 Å². The van der Waals surface area contributed by atoms with E-state index in [1.165, 1.54) is 128 Å². The number of unbranched alkanes of at least 4 members (excludes halogenated alkanes) is 21. The molecular weight excluding hydrogens is 460 g/mol. The second-order valence-corrected chi connectivity index (χ2v) is 11.8. The van der Waals surface area contributed by atoms with Crippen LogP contribution in [-0.2, 0) is 19.0 Å². The zero-order valence-electron chi connectivity index (χ0n) is 24.8. The minimum atomic E-state index is -0.942. The molecule has 4 nitrogen and oxygen atoms in total. The van der Waals surface area contributed by atoms with E-state index in [1.807, 2.05) is 6.92 Å². The smallest absolute Gasteiger partial charge is 0.339 e. The van der Waals surface area contributed by atoms with Gasteiger partial charge in [-0.3, -0.25) is 0 Å². The zero-order chi connectivity index (χ0) is 26.6. The zero-order valence-corrected chi connectivity index (χ0v) is 24.8. The fourth-order valence-electron chi connectivity index (χ4n) is 5.77. The van der Waals surface area contributed by atoms with Crippen molar-refractivity contribution in [2.45, 2.75) is 193 Å². The van der Waals surface area contributed by atoms with E-state index in [9.17, 15) is 4.79 Å². The van der Waals surface area contributed by atoms with Crippen LogP contribution in [0, 0.1) is 0 Å². The fourth-order valence-corrected chi connectivity index (χ4v) is 5.77. The maximum Gasteiger partial charge on any atom is 0.339 e. The molecule has 0 aromatic heterocycles. The van der Waals surface area contributed by atoms with Crippen molar-refractivity contribution in [3.63, 3.8) is 0 Å². The fraction of sp³-hybridized carbons (Fsp3) is 0.909. The quantitative estimate of drug-likeness (QED) is 0.0721. The van der Waals surface area contributed by atoms with E-state index in [-0.39, 0.29) is 18.4 Å². The SMILES string of the molecule is CCCCCCCCCCCCC/C=C1/C(=O)O[C@@]2(C)O[C@H](CCCCCCCCCCCCC)O[C@@H]12. The van der Waals surface area contributed by atoms with E-state index < -0.39 is 5.79 Å². The summed E-state index contributed by atoms with van der Waals surface area (Å²) in [5, 5.41) is 0. The van der Waals surface area contributed by atoms with E-state index in [4.69, 9.17) is 14.2 Å². The highest BCUT2D eigenvalue weighted by atomic mass is 16.8. The first-order chi connectivity index (χ1) is 18.1. The predicted molar refractivity (Wildman–Crippen MR) is 154 cm³/mol. The molecule has 0 radical (unpaired) electrons. The van der Waals surface area contributed by atoms with Crippen molar-refractivity contribution in [1.29, 1.82) is 0 Å². The third-order valence-corrected chi connectivity index (χ3v) is 8.16. The number of carbonyl (C=O) groups is 1. The summed E-state index contributed by atoms with van der Waals surface area (Å²) in [5.41, 5.74) is 0.677. The highest BCUT2D eigenvalue weighted by molar-refractivity contribution is 5.92. The summed E-state index contributed by atoms with van der Waals surface area (Å²) < 4.78 is 17.9. The van der Waals surface area contributed by atoms with Gasteiger partial charge in [-0.2, -0.15) is 0 Å². The number of fused-ring (bicyclic) bond motifs is 1. The first-order valence-corrected chi connectivity index (χ1v) is 16.4. The Kier molecular flexibility index (Phi) is 17.6. The molecule has 0 aromatic carbocycles. The minimum Gasteiger partial charge on any atom is -0.427 e. The second kappa shape index (κ2) is 20.1. The summed E-state index contributed by atoms with van der Waals surface area (Å²) in [6.45, 7) is 6.41. The monoisotopic (exact) mass is 520 g/mol. The number of rotatable bonds is 24. The largest absolute Gasteiger partial charge is 0.427 e. The Balaban J connectivity index is 1.51. The van der Waals surface area contributed by atoms with Gasteiger partial charge in [0.15, 0.2) is 12.4 Å². The Morgan fingerprint density at radius 1 is 0.649 bits per heavy atom. The van der Waals surface area contributed by atoms with Crippen LogP contribution in [0.5, 0.6) is 0 Å². The summed E-state index contributed by atoms with van der Waals surface area (Å²) in [6.07, 6.45) is 32.5. The molecule has 2 aliphatic heterocycles. The molecule has 0 amide bonds. The van der Waals surface area contributed by atoms with Crippen LogP contribution < -0.4 is 0 Å². The molecule has 2 fully saturated rings. The van der Waals surface area contributed by atoms with Gasteiger partial charge in [0.1, 0.15) is 0 Å². The van der Waals surface area contributed by atoms with Crippen molar-refractivity contribution >= 4 is 5.97 Å². The van der Waals surface area contributed by atoms with Gasteiger partial charge in [-0.15, -0.1) is 0 Å². The molecule has 0 N–H and O–H groups in total. The molecule has 4 heteroatoms. The number of carbonyl (C=O) groups excluding carboxylic acids is 1. The lowest BCUT2D eigenvalue weighted by Gasteiger charge is -2.19. The first kappa shape index (κ1) is 32.3. The van der Waals surface area contributed by atoms with Gasteiger partial charge in [0.25, 0.3) is 0 Å². The predicted octanol–water partition coefficient (Wildman–Crippen LogP) is 10.3. The third kappa shape index (κ3) is 13.2. The molecule has 3 atom stereocenters. The number of hydrogen-bond donors (Lipinski definition) is 0. The number of hydrogen-bond acceptors (Lipinski definition) is 4. The normalized spacial score (nSPS) is 24.2. The molecule has 2 saturated heterocycles. The molecule has 0 spiro atoms. The number of esters is 1. The lowest BCUT2D eigenvalue weighted by Crippen LogP contribution is -2.33. The van der Waals surface area contributed by atoms with Crippen LogP contribution in [0.25, 0.3) is 0 Å². The maximum absolute atomic E-state index is 12.4. The van der Waals surface area contributed by atoms with Gasteiger partial charge in [-0.25, -0.2) is 4.79 Å². The third-order valence-electron chi connectivity index (χ3n) is 8.16. The summed E-state index contributed by atoms with van der Waals surface area (Å²) in [4.78, 5) is 12.4. The Labute approximate surface area is 229 Å². The molecule has 2 aliphatic rings. The molecule has 2 rings (SSSR count). The van der Waals surface area contributed by atoms with E-state index in [0.717, 1.165) is 25.7 Å². The molecule has 216 valence electrons. The van der Waals surface area contributed by atoms with E-state index in [1.54, 1.807) is 0 Å². The highest BCUT2D eigenvalue weighted by Crippen LogP contribution is 2.42. The van der Waals surface area contributed by atoms with Crippen molar-refractivity contribution in [3.8, 4) is 0 Å². The van der Waals surface area contributed by atoms with Gasteiger partial charge < -0.3 is 14.2 Å². The summed E-state index contributed by atoms with van der Waals surface area (Å²) in [7, 11) is 0. The van der Waals surface area contributed by atoms with Gasteiger partial charge >= 0.3 is 5.97 Å². The Morgan fingerprint density at radius 2 is 1.08 bits per heavy atom. The standard InChI is InChI=1S/C33H60O4/c1-4-6-8-10-12-14-16-18-19-21-23-25-27-29-31-33(3,37-32(29)34)36-30(35-31)28-26-24-22-20-17-15-13-11-9-7-5-2/h27,30-31H,4-26,28H2,1-3H3/b29-27+/t30-,31+,33-/m1/s1. The molecule has 2 heterocycles. The maximum atomic E-state index is 12.4. The molecule has 0 saturated carbocycles. The number of ether oxygens (including phenoxy) is 3. The summed E-state index contributed by atoms with van der Waals surface area (Å²) >= 11 is 0. The van der Waals surface area contributed by atoms with Crippen LogP contribution in [0.15, 0.2) is 11.6 Å². The average molecular weight is 521 g/mol. The van der Waals surface area contributed by atoms with Gasteiger partial charge in [-0.05, 0) is 25.7 Å². The van der Waals surface area contributed by atoms with Crippen molar-refractivity contribution in [3.05, 3.63) is 11.6 Å². The minimum absolute atomic E-state index is 0.257. The summed E-state index contributed by atoms with van der Waals surface area (Å²) in [5.74, 6) is -1.20. The van der Waals surface area contributed by atoms with Gasteiger partial charge in [-0.1, -0.05) is 148 Å². The molecular formula is C33H60O4. The van der Waals surface area contributed by atoms with Crippen molar-refractivity contribution in [2.24, 2.45) is 0 Å².